The summed E-state index contributed by atoms with van der Waals surface area (Å²) in [5, 5.41) is 8.95. The molecule has 0 fully saturated rings. The standard InChI is InChI=1S/C18H40O7P2.3K/c1-2-3-4-5-6-7-8-9-10-11-12-13-14-15-16-17-25-27(23,24)18(19)26(20,21)22;;;/h18-19H,2-17H2,1H3,(H,23,24)(H2,20,21,22);;;/q;3*+1/p-3. The minimum atomic E-state index is -5.61. The Labute approximate surface area is 311 Å². The van der Waals surface area contributed by atoms with E-state index in [1.54, 1.807) is 0 Å². The molecule has 7 nitrogen and oxygen atoms in total. The molecule has 164 valence electrons. The Balaban J connectivity index is -0.00000113. The van der Waals surface area contributed by atoms with E-state index in [9.17, 15) is 23.8 Å². The summed E-state index contributed by atoms with van der Waals surface area (Å²) in [6, 6.07) is 0. The van der Waals surface area contributed by atoms with Gasteiger partial charge in [-0.05, 0) is 14.0 Å². The third-order valence-electron chi connectivity index (χ3n) is 4.58. The Morgan fingerprint density at radius 3 is 1.27 bits per heavy atom. The Bertz CT molecular complexity index is 453. The first kappa shape index (κ1) is 42.3. The fourth-order valence-corrected chi connectivity index (χ4v) is 5.01. The molecule has 0 aliphatic heterocycles. The Kier molecular flexibility index (Phi) is 38.3. The largest absolute Gasteiger partial charge is 1.00 e. The van der Waals surface area contributed by atoms with Crippen molar-refractivity contribution in [3.05, 3.63) is 0 Å². The van der Waals surface area contributed by atoms with E-state index in [0.717, 1.165) is 25.7 Å². The van der Waals surface area contributed by atoms with E-state index in [1.807, 2.05) is 0 Å². The fraction of sp³-hybridized carbons (Fsp3) is 1.00. The number of hydrogen-bond donors (Lipinski definition) is 1. The average molecular weight is 545 g/mol. The SMILES string of the molecule is CCCCCCCCCCCCCCCCCOP(=O)([O-])C(O)P(=O)([O-])[O-].[K+].[K+].[K+]. The van der Waals surface area contributed by atoms with Gasteiger partial charge in [0.15, 0.2) is 7.60 Å². The Hall–Kier alpha value is 5.17. The molecule has 0 amide bonds. The second-order valence-corrected chi connectivity index (χ2v) is 11.0. The van der Waals surface area contributed by atoms with Crippen LogP contribution >= 0.6 is 15.2 Å². The van der Waals surface area contributed by atoms with Crippen LogP contribution in [-0.2, 0) is 13.7 Å². The molecule has 0 aromatic rings. The third-order valence-corrected chi connectivity index (χ3v) is 7.96. The van der Waals surface area contributed by atoms with Crippen molar-refractivity contribution in [1.82, 2.24) is 0 Å². The number of aliphatic hydroxyl groups excluding tert-OH is 1. The maximum Gasteiger partial charge on any atom is 1.00 e. The van der Waals surface area contributed by atoms with Crippen LogP contribution in [0, 0.1) is 0 Å². The normalized spacial score (nSPS) is 14.0. The van der Waals surface area contributed by atoms with E-state index in [2.05, 4.69) is 11.4 Å². The van der Waals surface area contributed by atoms with Crippen LogP contribution in [0.25, 0.3) is 0 Å². The molecule has 0 spiro atoms. The van der Waals surface area contributed by atoms with E-state index in [1.165, 1.54) is 64.2 Å². The molecule has 0 saturated heterocycles. The van der Waals surface area contributed by atoms with Gasteiger partial charge >= 0.3 is 154 Å². The second-order valence-electron chi connectivity index (χ2n) is 7.21. The molecule has 12 heteroatoms. The van der Waals surface area contributed by atoms with Crippen molar-refractivity contribution >= 4 is 15.2 Å². The molecule has 0 aromatic heterocycles. The number of aliphatic hydroxyl groups is 1. The predicted octanol–water partition coefficient (Wildman–Crippen LogP) is -5.37. The monoisotopic (exact) mass is 544 g/mol. The zero-order chi connectivity index (χ0) is 20.6. The summed E-state index contributed by atoms with van der Waals surface area (Å²) in [5.41, 5.74) is -3.00. The molecule has 0 bridgehead atoms. The minimum Gasteiger partial charge on any atom is -0.809 e. The summed E-state index contributed by atoms with van der Waals surface area (Å²) in [6.45, 7) is 2.02. The van der Waals surface area contributed by atoms with Crippen LogP contribution in [0.3, 0.4) is 0 Å². The van der Waals surface area contributed by atoms with Crippen LogP contribution in [0.4, 0.5) is 0 Å². The molecule has 2 atom stereocenters. The van der Waals surface area contributed by atoms with Crippen molar-refractivity contribution < 1.29 is 188 Å². The molecule has 0 aliphatic rings. The van der Waals surface area contributed by atoms with Crippen molar-refractivity contribution in [2.24, 2.45) is 0 Å². The number of rotatable bonds is 19. The van der Waals surface area contributed by atoms with Crippen LogP contribution in [0.15, 0.2) is 0 Å². The maximum absolute atomic E-state index is 11.3. The molecule has 30 heavy (non-hydrogen) atoms. The maximum atomic E-state index is 11.3. The summed E-state index contributed by atoms with van der Waals surface area (Å²) in [7, 11) is -10.7. The van der Waals surface area contributed by atoms with E-state index >= 15 is 0 Å². The average Bonchev–Trinajstić information content (AvgIpc) is 2.60. The van der Waals surface area contributed by atoms with Gasteiger partial charge in [0, 0.05) is 0 Å². The summed E-state index contributed by atoms with van der Waals surface area (Å²) in [4.78, 5) is 32.3. The van der Waals surface area contributed by atoms with Crippen LogP contribution in [0.2, 0.25) is 0 Å². The van der Waals surface area contributed by atoms with Gasteiger partial charge < -0.3 is 33.4 Å². The summed E-state index contributed by atoms with van der Waals surface area (Å²) in [5.74, 6) is 0. The molecular formula is C18H37K3O7P2. The van der Waals surface area contributed by atoms with E-state index in [0.29, 0.717) is 6.42 Å². The zero-order valence-corrected chi connectivity index (χ0v) is 30.8. The molecule has 0 saturated carbocycles. The molecule has 0 radical (unpaired) electrons. The van der Waals surface area contributed by atoms with Crippen molar-refractivity contribution in [2.75, 3.05) is 6.61 Å². The number of unbranched alkanes of at least 4 members (excludes halogenated alkanes) is 14. The van der Waals surface area contributed by atoms with Gasteiger partial charge in [-0.1, -0.05) is 96.8 Å². The Morgan fingerprint density at radius 2 is 0.967 bits per heavy atom. The summed E-state index contributed by atoms with van der Waals surface area (Å²) in [6.07, 6.45) is 17.6. The molecule has 0 heterocycles. The molecule has 0 aromatic carbocycles. The van der Waals surface area contributed by atoms with Gasteiger partial charge in [0.2, 0.25) is 0 Å². The van der Waals surface area contributed by atoms with Crippen molar-refractivity contribution in [2.45, 2.75) is 109 Å². The first-order valence-electron chi connectivity index (χ1n) is 10.4. The van der Waals surface area contributed by atoms with Crippen LogP contribution in [-0.4, -0.2) is 17.3 Å². The molecule has 2 unspecified atom stereocenters. The molecular weight excluding hydrogens is 507 g/mol. The number of hydrogen-bond acceptors (Lipinski definition) is 7. The van der Waals surface area contributed by atoms with Crippen molar-refractivity contribution in [3.63, 3.8) is 0 Å². The van der Waals surface area contributed by atoms with Crippen LogP contribution < -0.4 is 169 Å². The van der Waals surface area contributed by atoms with Gasteiger partial charge in [0.25, 0.3) is 0 Å². The Morgan fingerprint density at radius 1 is 0.667 bits per heavy atom. The van der Waals surface area contributed by atoms with E-state index in [4.69, 9.17) is 5.11 Å². The first-order chi connectivity index (χ1) is 12.7. The van der Waals surface area contributed by atoms with E-state index < -0.39 is 20.8 Å². The second kappa shape index (κ2) is 27.2. The van der Waals surface area contributed by atoms with Gasteiger partial charge in [-0.25, -0.2) is 0 Å². The van der Waals surface area contributed by atoms with Crippen LogP contribution in [0.5, 0.6) is 0 Å². The quantitative estimate of drug-likeness (QED) is 0.0975. The van der Waals surface area contributed by atoms with Crippen LogP contribution in [0.1, 0.15) is 103 Å². The zero-order valence-electron chi connectivity index (χ0n) is 19.7. The summed E-state index contributed by atoms with van der Waals surface area (Å²) < 4.78 is 26.2. The predicted molar refractivity (Wildman–Crippen MR) is 102 cm³/mol. The molecule has 1 N–H and O–H groups in total. The van der Waals surface area contributed by atoms with Gasteiger partial charge in [-0.2, -0.15) is 0 Å². The third kappa shape index (κ3) is 26.2. The smallest absolute Gasteiger partial charge is 0.809 e. The molecule has 0 aliphatic carbocycles. The van der Waals surface area contributed by atoms with Crippen molar-refractivity contribution in [3.8, 4) is 0 Å². The minimum absolute atomic E-state index is 0. The van der Waals surface area contributed by atoms with Gasteiger partial charge in [0.05, 0.1) is 6.61 Å². The van der Waals surface area contributed by atoms with E-state index in [-0.39, 0.29) is 161 Å². The van der Waals surface area contributed by atoms with Gasteiger partial charge in [0.1, 0.15) is 5.59 Å². The van der Waals surface area contributed by atoms with Crippen molar-refractivity contribution in [1.29, 1.82) is 0 Å². The topological polar surface area (TPSA) is 133 Å². The van der Waals surface area contributed by atoms with Gasteiger partial charge in [-0.15, -0.1) is 0 Å². The molecule has 0 rings (SSSR count). The first-order valence-corrected chi connectivity index (χ1v) is 13.6. The summed E-state index contributed by atoms with van der Waals surface area (Å²) >= 11 is 0. The van der Waals surface area contributed by atoms with Gasteiger partial charge in [-0.3, -0.25) is 0 Å². The fourth-order valence-electron chi connectivity index (χ4n) is 2.91.